The van der Waals surface area contributed by atoms with Crippen LogP contribution in [0, 0.1) is 0 Å². The molecule has 3 rings (SSSR count). The van der Waals surface area contributed by atoms with Crippen LogP contribution in [0.15, 0.2) is 23.1 Å². The molecule has 1 saturated heterocycles. The molecule has 1 N–H and O–H groups in total. The minimum Gasteiger partial charge on any atom is -0.486 e. The van der Waals surface area contributed by atoms with Crippen molar-refractivity contribution in [3.63, 3.8) is 0 Å². The largest absolute Gasteiger partial charge is 0.486 e. The molecule has 2 heterocycles. The van der Waals surface area contributed by atoms with Crippen molar-refractivity contribution in [3.8, 4) is 11.5 Å². The van der Waals surface area contributed by atoms with Gasteiger partial charge in [-0.1, -0.05) is 0 Å². The van der Waals surface area contributed by atoms with E-state index in [1.807, 2.05) is 11.9 Å². The Kier molecular flexibility index (Phi) is 7.53. The number of rotatable bonds is 6. The van der Waals surface area contributed by atoms with E-state index < -0.39 is 10.8 Å². The number of ether oxygens (including phenoxy) is 2. The maximum absolute atomic E-state index is 12.5. The predicted molar refractivity (Wildman–Crippen MR) is 99.2 cm³/mol. The molecular weight excluding hydrogens is 364 g/mol. The molecular formula is C17H25ClN2O4S. The van der Waals surface area contributed by atoms with E-state index in [9.17, 15) is 9.00 Å². The third-order valence-corrected chi connectivity index (χ3v) is 5.77. The van der Waals surface area contributed by atoms with Crippen LogP contribution in [0.1, 0.15) is 19.3 Å². The summed E-state index contributed by atoms with van der Waals surface area (Å²) in [6, 6.07) is 5.60. The first-order valence-corrected chi connectivity index (χ1v) is 9.73. The highest BCUT2D eigenvalue weighted by molar-refractivity contribution is 7.85. The second-order valence-corrected chi connectivity index (χ2v) is 7.62. The van der Waals surface area contributed by atoms with Crippen LogP contribution >= 0.6 is 12.4 Å². The SMILES string of the molecule is CNCC1CCCN1C(=O)CCS(=O)c1ccc2c(c1)OCCO2.Cl. The molecule has 0 aromatic heterocycles. The van der Waals surface area contributed by atoms with Crippen LogP contribution in [0.3, 0.4) is 0 Å². The number of nitrogens with zero attached hydrogens (tertiary/aromatic N) is 1. The van der Waals surface area contributed by atoms with Gasteiger partial charge in [-0.15, -0.1) is 12.4 Å². The van der Waals surface area contributed by atoms with Gasteiger partial charge in [-0.3, -0.25) is 9.00 Å². The third-order valence-electron chi connectivity index (χ3n) is 4.42. The van der Waals surface area contributed by atoms with Crippen molar-refractivity contribution in [2.45, 2.75) is 30.2 Å². The van der Waals surface area contributed by atoms with Gasteiger partial charge in [-0.25, -0.2) is 0 Å². The molecule has 2 atom stereocenters. The first-order valence-electron chi connectivity index (χ1n) is 8.41. The number of halogens is 1. The van der Waals surface area contributed by atoms with E-state index in [0.717, 1.165) is 25.9 Å². The van der Waals surface area contributed by atoms with Gasteiger partial charge in [0.25, 0.3) is 0 Å². The Morgan fingerprint density at radius 3 is 2.84 bits per heavy atom. The van der Waals surface area contributed by atoms with Gasteiger partial charge in [-0.05, 0) is 32.0 Å². The molecule has 6 nitrogen and oxygen atoms in total. The second kappa shape index (κ2) is 9.40. The minimum absolute atomic E-state index is 0. The highest BCUT2D eigenvalue weighted by Crippen LogP contribution is 2.32. The molecule has 1 aromatic carbocycles. The molecule has 25 heavy (non-hydrogen) atoms. The number of amides is 1. The number of hydrogen-bond donors (Lipinski definition) is 1. The highest BCUT2D eigenvalue weighted by Gasteiger charge is 2.28. The third kappa shape index (κ3) is 4.86. The second-order valence-electron chi connectivity index (χ2n) is 6.05. The van der Waals surface area contributed by atoms with Crippen LogP contribution < -0.4 is 14.8 Å². The summed E-state index contributed by atoms with van der Waals surface area (Å²) in [5.41, 5.74) is 0. The first-order chi connectivity index (χ1) is 11.7. The monoisotopic (exact) mass is 388 g/mol. The van der Waals surface area contributed by atoms with Crippen molar-refractivity contribution in [3.05, 3.63) is 18.2 Å². The van der Waals surface area contributed by atoms with Gasteiger partial charge < -0.3 is 19.7 Å². The lowest BCUT2D eigenvalue weighted by Gasteiger charge is -2.24. The number of benzene rings is 1. The number of likely N-dealkylation sites (tertiary alicyclic amines) is 1. The zero-order chi connectivity index (χ0) is 16.9. The Balaban J connectivity index is 0.00000225. The summed E-state index contributed by atoms with van der Waals surface area (Å²) in [6.45, 7) is 2.66. The average Bonchev–Trinajstić information content (AvgIpc) is 3.07. The highest BCUT2D eigenvalue weighted by atomic mass is 35.5. The fourth-order valence-electron chi connectivity index (χ4n) is 3.22. The summed E-state index contributed by atoms with van der Waals surface area (Å²) in [7, 11) is 0.685. The molecule has 2 aliphatic heterocycles. The van der Waals surface area contributed by atoms with Crippen molar-refractivity contribution in [2.24, 2.45) is 0 Å². The fourth-order valence-corrected chi connectivity index (χ4v) is 4.27. The summed E-state index contributed by atoms with van der Waals surface area (Å²) in [5.74, 6) is 1.75. The molecule has 1 fully saturated rings. The number of carbonyl (C=O) groups is 1. The molecule has 8 heteroatoms. The van der Waals surface area contributed by atoms with Crippen molar-refractivity contribution in [1.29, 1.82) is 0 Å². The minimum atomic E-state index is -1.22. The zero-order valence-corrected chi connectivity index (χ0v) is 16.0. The molecule has 140 valence electrons. The van der Waals surface area contributed by atoms with Crippen LogP contribution in [-0.4, -0.2) is 60.2 Å². The summed E-state index contributed by atoms with van der Waals surface area (Å²) in [4.78, 5) is 15.0. The van der Waals surface area contributed by atoms with Crippen LogP contribution in [0.25, 0.3) is 0 Å². The van der Waals surface area contributed by atoms with Crippen molar-refractivity contribution < 1.29 is 18.5 Å². The van der Waals surface area contributed by atoms with Gasteiger partial charge in [-0.2, -0.15) is 0 Å². The van der Waals surface area contributed by atoms with Crippen LogP contribution in [0.4, 0.5) is 0 Å². The molecule has 0 bridgehead atoms. The standard InChI is InChI=1S/C17H24N2O4S.ClH/c1-18-12-13-3-2-7-19(13)17(20)6-10-24(21)14-4-5-15-16(11-14)23-9-8-22-15;/h4-5,11,13,18H,2-3,6-10,12H2,1H3;1H. The zero-order valence-electron chi connectivity index (χ0n) is 14.4. The molecule has 1 amide bonds. The van der Waals surface area contributed by atoms with E-state index in [4.69, 9.17) is 9.47 Å². The predicted octanol–water partition coefficient (Wildman–Crippen LogP) is 1.59. The van der Waals surface area contributed by atoms with E-state index in [0.29, 0.717) is 41.8 Å². The van der Waals surface area contributed by atoms with Gasteiger partial charge in [0.1, 0.15) is 13.2 Å². The molecule has 1 aromatic rings. The first kappa shape index (κ1) is 20.0. The molecule has 2 unspecified atom stereocenters. The Bertz CT molecular complexity index is 629. The van der Waals surface area contributed by atoms with E-state index >= 15 is 0 Å². The smallest absolute Gasteiger partial charge is 0.223 e. The molecule has 0 spiro atoms. The summed E-state index contributed by atoms with van der Waals surface area (Å²) >= 11 is 0. The average molecular weight is 389 g/mol. The maximum Gasteiger partial charge on any atom is 0.223 e. The van der Waals surface area contributed by atoms with Gasteiger partial charge in [0, 0.05) is 42.3 Å². The fraction of sp³-hybridized carbons (Fsp3) is 0.588. The molecule has 0 aliphatic carbocycles. The Labute approximate surface area is 157 Å². The molecule has 0 saturated carbocycles. The quantitative estimate of drug-likeness (QED) is 0.801. The Hall–Kier alpha value is -1.31. The normalized spacial score (nSPS) is 20.0. The van der Waals surface area contributed by atoms with E-state index in [2.05, 4.69) is 5.32 Å². The van der Waals surface area contributed by atoms with Crippen LogP contribution in [-0.2, 0) is 15.6 Å². The van der Waals surface area contributed by atoms with E-state index in [1.54, 1.807) is 18.2 Å². The number of fused-ring (bicyclic) bond motifs is 1. The Morgan fingerprint density at radius 2 is 2.08 bits per heavy atom. The number of nitrogens with one attached hydrogen (secondary N) is 1. The topological polar surface area (TPSA) is 67.9 Å². The molecule has 2 aliphatic rings. The van der Waals surface area contributed by atoms with E-state index in [-0.39, 0.29) is 24.4 Å². The summed E-state index contributed by atoms with van der Waals surface area (Å²) < 4.78 is 23.5. The number of hydrogen-bond acceptors (Lipinski definition) is 5. The van der Waals surface area contributed by atoms with Gasteiger partial charge in [0.2, 0.25) is 5.91 Å². The number of likely N-dealkylation sites (N-methyl/N-ethyl adjacent to an activating group) is 1. The van der Waals surface area contributed by atoms with Gasteiger partial charge in [0.15, 0.2) is 11.5 Å². The van der Waals surface area contributed by atoms with Gasteiger partial charge in [0.05, 0.1) is 10.8 Å². The van der Waals surface area contributed by atoms with Crippen LogP contribution in [0.5, 0.6) is 11.5 Å². The van der Waals surface area contributed by atoms with Crippen molar-refractivity contribution in [2.75, 3.05) is 39.1 Å². The Morgan fingerprint density at radius 1 is 1.32 bits per heavy atom. The summed E-state index contributed by atoms with van der Waals surface area (Å²) in [6.07, 6.45) is 2.39. The van der Waals surface area contributed by atoms with Gasteiger partial charge >= 0.3 is 0 Å². The lowest BCUT2D eigenvalue weighted by atomic mass is 10.2. The maximum atomic E-state index is 12.5. The number of carbonyl (C=O) groups excluding carboxylic acids is 1. The van der Waals surface area contributed by atoms with Crippen molar-refractivity contribution in [1.82, 2.24) is 10.2 Å². The lowest BCUT2D eigenvalue weighted by molar-refractivity contribution is -0.131. The van der Waals surface area contributed by atoms with E-state index in [1.165, 1.54) is 0 Å². The van der Waals surface area contributed by atoms with Crippen molar-refractivity contribution >= 4 is 29.1 Å². The van der Waals surface area contributed by atoms with Crippen LogP contribution in [0.2, 0.25) is 0 Å². The summed E-state index contributed by atoms with van der Waals surface area (Å²) in [5, 5.41) is 3.13. The lowest BCUT2D eigenvalue weighted by Crippen LogP contribution is -2.41. The molecule has 0 radical (unpaired) electrons.